The average Bonchev–Trinajstić information content (AvgIpc) is 2.98. The van der Waals surface area contributed by atoms with E-state index in [9.17, 15) is 13.2 Å². The largest absolute Gasteiger partial charge is 0.484 e. The van der Waals surface area contributed by atoms with Crippen LogP contribution < -0.4 is 10.1 Å². The summed E-state index contributed by atoms with van der Waals surface area (Å²) < 4.78 is 29.5. The average molecular weight is 340 g/mol. The molecule has 0 atom stereocenters. The van der Waals surface area contributed by atoms with Gasteiger partial charge in [-0.25, -0.2) is 12.7 Å². The lowest BCUT2D eigenvalue weighted by molar-refractivity contribution is -0.123. The number of nitrogens with zero attached hydrogens (tertiary/aromatic N) is 1. The molecule has 7 heteroatoms. The van der Waals surface area contributed by atoms with E-state index < -0.39 is 10.0 Å². The molecule has 1 aliphatic carbocycles. The fourth-order valence-corrected chi connectivity index (χ4v) is 2.94. The Morgan fingerprint density at radius 2 is 1.87 bits per heavy atom. The minimum absolute atomic E-state index is 0.000904. The molecular weight excluding hydrogens is 316 g/mol. The predicted octanol–water partition coefficient (Wildman–Crippen LogP) is 1.52. The van der Waals surface area contributed by atoms with E-state index in [1.165, 1.54) is 30.5 Å². The SMILES string of the molecule is CN(Cc1ccc(OCC(=O)NC2CCCC2)cc1)S(C)(=O)=O. The third-order valence-electron chi connectivity index (χ3n) is 3.98. The molecule has 128 valence electrons. The molecular formula is C16H24N2O4S. The number of benzene rings is 1. The van der Waals surface area contributed by atoms with E-state index in [0.29, 0.717) is 18.3 Å². The molecule has 0 radical (unpaired) electrons. The van der Waals surface area contributed by atoms with Crippen LogP contribution in [0.4, 0.5) is 0 Å². The highest BCUT2D eigenvalue weighted by Crippen LogP contribution is 2.18. The van der Waals surface area contributed by atoms with Gasteiger partial charge in [0.2, 0.25) is 10.0 Å². The molecule has 0 bridgehead atoms. The summed E-state index contributed by atoms with van der Waals surface area (Å²) in [6.45, 7) is 0.306. The van der Waals surface area contributed by atoms with E-state index in [4.69, 9.17) is 4.74 Å². The summed E-state index contributed by atoms with van der Waals surface area (Å²) in [5.41, 5.74) is 0.862. The smallest absolute Gasteiger partial charge is 0.258 e. The van der Waals surface area contributed by atoms with E-state index in [-0.39, 0.29) is 12.5 Å². The first kappa shape index (κ1) is 17.7. The van der Waals surface area contributed by atoms with Gasteiger partial charge in [0.1, 0.15) is 5.75 Å². The quantitative estimate of drug-likeness (QED) is 0.816. The van der Waals surface area contributed by atoms with Crippen molar-refractivity contribution in [2.24, 2.45) is 0 Å². The van der Waals surface area contributed by atoms with Crippen LogP contribution in [0.25, 0.3) is 0 Å². The number of carbonyl (C=O) groups excluding carboxylic acids is 1. The van der Waals surface area contributed by atoms with Gasteiger partial charge in [-0.05, 0) is 30.5 Å². The van der Waals surface area contributed by atoms with Crippen LogP contribution in [0.2, 0.25) is 0 Å². The summed E-state index contributed by atoms with van der Waals surface area (Å²) in [6, 6.07) is 7.38. The Hall–Kier alpha value is -1.60. The number of carbonyl (C=O) groups is 1. The zero-order chi connectivity index (χ0) is 16.9. The number of ether oxygens (including phenoxy) is 1. The standard InChI is InChI=1S/C16H24N2O4S/c1-18(23(2,20)21)11-13-7-9-15(10-8-13)22-12-16(19)17-14-5-3-4-6-14/h7-10,14H,3-6,11-12H2,1-2H3,(H,17,19). The first-order chi connectivity index (χ1) is 10.8. The Bertz CT molecular complexity index is 622. The van der Waals surface area contributed by atoms with E-state index in [0.717, 1.165) is 18.4 Å². The molecule has 0 spiro atoms. The van der Waals surface area contributed by atoms with Crippen LogP contribution in [0.3, 0.4) is 0 Å². The van der Waals surface area contributed by atoms with E-state index in [1.54, 1.807) is 24.3 Å². The third-order valence-corrected chi connectivity index (χ3v) is 5.25. The molecule has 1 aromatic rings. The molecule has 1 saturated carbocycles. The highest BCUT2D eigenvalue weighted by molar-refractivity contribution is 7.88. The molecule has 0 aromatic heterocycles. The topological polar surface area (TPSA) is 75.7 Å². The zero-order valence-corrected chi connectivity index (χ0v) is 14.4. The van der Waals surface area contributed by atoms with Gasteiger partial charge in [-0.15, -0.1) is 0 Å². The lowest BCUT2D eigenvalue weighted by Crippen LogP contribution is -2.36. The summed E-state index contributed by atoms with van der Waals surface area (Å²) in [5.74, 6) is 0.495. The molecule has 0 saturated heterocycles. The van der Waals surface area contributed by atoms with Crippen molar-refractivity contribution in [3.63, 3.8) is 0 Å². The Morgan fingerprint density at radius 1 is 1.26 bits per heavy atom. The fraction of sp³-hybridized carbons (Fsp3) is 0.562. The number of rotatable bonds is 7. The lowest BCUT2D eigenvalue weighted by Gasteiger charge is -2.15. The second-order valence-corrected chi connectivity index (χ2v) is 8.09. The monoisotopic (exact) mass is 340 g/mol. The molecule has 1 aromatic carbocycles. The van der Waals surface area contributed by atoms with Gasteiger partial charge in [-0.1, -0.05) is 25.0 Å². The molecule has 0 unspecified atom stereocenters. The minimum atomic E-state index is -3.20. The molecule has 1 amide bonds. The maximum atomic E-state index is 11.8. The van der Waals surface area contributed by atoms with E-state index >= 15 is 0 Å². The Kier molecular flexibility index (Phi) is 6.01. The summed E-state index contributed by atoms with van der Waals surface area (Å²) in [6.07, 6.45) is 5.63. The van der Waals surface area contributed by atoms with Crippen LogP contribution in [0, 0.1) is 0 Å². The molecule has 2 rings (SSSR count). The Balaban J connectivity index is 1.79. The van der Waals surface area contributed by atoms with Crippen molar-refractivity contribution >= 4 is 15.9 Å². The van der Waals surface area contributed by atoms with Crippen molar-refractivity contribution < 1.29 is 17.9 Å². The molecule has 1 fully saturated rings. The summed E-state index contributed by atoms with van der Waals surface area (Å²) in [7, 11) is -1.66. The number of nitrogens with one attached hydrogen (secondary N) is 1. The maximum Gasteiger partial charge on any atom is 0.258 e. The number of amides is 1. The van der Waals surface area contributed by atoms with Crippen LogP contribution in [0.1, 0.15) is 31.2 Å². The van der Waals surface area contributed by atoms with Gasteiger partial charge in [0.05, 0.1) is 6.26 Å². The van der Waals surface area contributed by atoms with E-state index in [1.807, 2.05) is 0 Å². The van der Waals surface area contributed by atoms with Crippen molar-refractivity contribution in [3.05, 3.63) is 29.8 Å². The van der Waals surface area contributed by atoms with Crippen molar-refractivity contribution in [2.45, 2.75) is 38.3 Å². The molecule has 6 nitrogen and oxygen atoms in total. The first-order valence-corrected chi connectivity index (χ1v) is 9.62. The highest BCUT2D eigenvalue weighted by atomic mass is 32.2. The van der Waals surface area contributed by atoms with E-state index in [2.05, 4.69) is 5.32 Å². The molecule has 0 aliphatic heterocycles. The molecule has 23 heavy (non-hydrogen) atoms. The van der Waals surface area contributed by atoms with Crippen molar-refractivity contribution in [1.29, 1.82) is 0 Å². The fourth-order valence-electron chi connectivity index (χ4n) is 2.55. The third kappa shape index (κ3) is 5.84. The summed E-state index contributed by atoms with van der Waals surface area (Å²) >= 11 is 0. The zero-order valence-electron chi connectivity index (χ0n) is 13.6. The van der Waals surface area contributed by atoms with Gasteiger partial charge in [-0.3, -0.25) is 4.79 Å². The van der Waals surface area contributed by atoms with Gasteiger partial charge in [0.15, 0.2) is 6.61 Å². The van der Waals surface area contributed by atoms with Gasteiger partial charge in [-0.2, -0.15) is 0 Å². The van der Waals surface area contributed by atoms with Crippen LogP contribution in [0.15, 0.2) is 24.3 Å². The van der Waals surface area contributed by atoms with Crippen molar-refractivity contribution in [1.82, 2.24) is 9.62 Å². The number of hydrogen-bond donors (Lipinski definition) is 1. The molecule has 1 aliphatic rings. The van der Waals surface area contributed by atoms with Gasteiger partial charge in [0, 0.05) is 19.6 Å². The van der Waals surface area contributed by atoms with Crippen LogP contribution >= 0.6 is 0 Å². The maximum absolute atomic E-state index is 11.8. The van der Waals surface area contributed by atoms with Crippen LogP contribution in [0.5, 0.6) is 5.75 Å². The molecule has 1 N–H and O–H groups in total. The van der Waals surface area contributed by atoms with Gasteiger partial charge in [0.25, 0.3) is 5.91 Å². The normalized spacial score (nSPS) is 15.8. The second kappa shape index (κ2) is 7.79. The summed E-state index contributed by atoms with van der Waals surface area (Å²) in [4.78, 5) is 11.8. The van der Waals surface area contributed by atoms with Gasteiger partial charge < -0.3 is 10.1 Å². The second-order valence-electron chi connectivity index (χ2n) is 6.00. The lowest BCUT2D eigenvalue weighted by atomic mass is 10.2. The van der Waals surface area contributed by atoms with Crippen LogP contribution in [-0.2, 0) is 21.4 Å². The Morgan fingerprint density at radius 3 is 2.43 bits per heavy atom. The number of sulfonamides is 1. The van der Waals surface area contributed by atoms with Gasteiger partial charge >= 0.3 is 0 Å². The molecule has 0 heterocycles. The first-order valence-electron chi connectivity index (χ1n) is 7.77. The van der Waals surface area contributed by atoms with Crippen LogP contribution in [-0.4, -0.2) is 44.6 Å². The Labute approximate surface area is 137 Å². The minimum Gasteiger partial charge on any atom is -0.484 e. The summed E-state index contributed by atoms with van der Waals surface area (Å²) in [5, 5.41) is 2.97. The number of hydrogen-bond acceptors (Lipinski definition) is 4. The van der Waals surface area contributed by atoms with Crippen molar-refractivity contribution in [3.8, 4) is 5.75 Å². The highest BCUT2D eigenvalue weighted by Gasteiger charge is 2.17. The van der Waals surface area contributed by atoms with Crippen molar-refractivity contribution in [2.75, 3.05) is 19.9 Å². The predicted molar refractivity (Wildman–Crippen MR) is 88.6 cm³/mol.